The van der Waals surface area contributed by atoms with Gasteiger partial charge in [-0.25, -0.2) is 4.68 Å². The first-order valence-electron chi connectivity index (χ1n) is 3.53. The first-order valence-corrected chi connectivity index (χ1v) is 3.53. The fraction of sp³-hybridized carbons (Fsp3) is 0.143. The standard InChI is InChI=1S/C7H9N5/c1-12-7-5(9)3-2-4(8)6(7)10-11-12/h2-3H,8-9H2,1H3. The van der Waals surface area contributed by atoms with Crippen molar-refractivity contribution < 1.29 is 0 Å². The van der Waals surface area contributed by atoms with Crippen molar-refractivity contribution in [2.24, 2.45) is 7.05 Å². The molecule has 0 unspecified atom stereocenters. The SMILES string of the molecule is Cn1nnc2c(N)ccc(N)c21. The van der Waals surface area contributed by atoms with Crippen molar-refractivity contribution in [1.29, 1.82) is 0 Å². The quantitative estimate of drug-likeness (QED) is 0.541. The number of nitrogens with two attached hydrogens (primary N) is 2. The monoisotopic (exact) mass is 163 g/mol. The lowest BCUT2D eigenvalue weighted by Crippen LogP contribution is -1.95. The van der Waals surface area contributed by atoms with E-state index >= 15 is 0 Å². The highest BCUT2D eigenvalue weighted by Crippen LogP contribution is 2.22. The van der Waals surface area contributed by atoms with Crippen molar-refractivity contribution in [2.75, 3.05) is 11.5 Å². The Balaban J connectivity index is 2.98. The van der Waals surface area contributed by atoms with Crippen LogP contribution in [0, 0.1) is 0 Å². The van der Waals surface area contributed by atoms with Crippen LogP contribution in [0.25, 0.3) is 11.0 Å². The maximum Gasteiger partial charge on any atom is 0.138 e. The summed E-state index contributed by atoms with van der Waals surface area (Å²) in [5.41, 5.74) is 14.1. The third-order valence-electron chi connectivity index (χ3n) is 1.82. The van der Waals surface area contributed by atoms with Crippen LogP contribution in [0.15, 0.2) is 12.1 Å². The molecule has 0 saturated carbocycles. The zero-order chi connectivity index (χ0) is 8.72. The second-order valence-electron chi connectivity index (χ2n) is 2.65. The van der Waals surface area contributed by atoms with Crippen molar-refractivity contribution in [2.45, 2.75) is 0 Å². The molecule has 0 bridgehead atoms. The van der Waals surface area contributed by atoms with Gasteiger partial charge in [0.05, 0.1) is 11.4 Å². The molecule has 2 rings (SSSR count). The van der Waals surface area contributed by atoms with Gasteiger partial charge < -0.3 is 11.5 Å². The highest BCUT2D eigenvalue weighted by molar-refractivity contribution is 5.94. The van der Waals surface area contributed by atoms with Crippen LogP contribution in [0.2, 0.25) is 0 Å². The highest BCUT2D eigenvalue weighted by atomic mass is 15.4. The average molecular weight is 163 g/mol. The molecule has 0 aliphatic rings. The predicted molar refractivity (Wildman–Crippen MR) is 47.3 cm³/mol. The Kier molecular flexibility index (Phi) is 1.21. The second kappa shape index (κ2) is 2.10. The van der Waals surface area contributed by atoms with Crippen LogP contribution < -0.4 is 11.5 Å². The minimum absolute atomic E-state index is 0.604. The molecule has 0 atom stereocenters. The average Bonchev–Trinajstić information content (AvgIpc) is 2.42. The molecule has 0 spiro atoms. The van der Waals surface area contributed by atoms with E-state index in [1.54, 1.807) is 23.9 Å². The zero-order valence-corrected chi connectivity index (χ0v) is 6.65. The lowest BCUT2D eigenvalue weighted by atomic mass is 10.2. The number of aromatic nitrogens is 3. The van der Waals surface area contributed by atoms with Crippen LogP contribution in [0.4, 0.5) is 11.4 Å². The van der Waals surface area contributed by atoms with E-state index in [-0.39, 0.29) is 0 Å². The van der Waals surface area contributed by atoms with Crippen LogP contribution >= 0.6 is 0 Å². The topological polar surface area (TPSA) is 82.8 Å². The van der Waals surface area contributed by atoms with Gasteiger partial charge in [0.2, 0.25) is 0 Å². The molecule has 62 valence electrons. The molecule has 1 aromatic heterocycles. The largest absolute Gasteiger partial charge is 0.397 e. The summed E-state index contributed by atoms with van der Waals surface area (Å²) < 4.78 is 1.61. The van der Waals surface area contributed by atoms with Gasteiger partial charge >= 0.3 is 0 Å². The maximum atomic E-state index is 5.71. The summed E-state index contributed by atoms with van der Waals surface area (Å²) in [6, 6.07) is 3.48. The normalized spacial score (nSPS) is 10.8. The molecule has 0 fully saturated rings. The number of aryl methyl sites for hydroxylation is 1. The van der Waals surface area contributed by atoms with Crippen molar-refractivity contribution in [3.8, 4) is 0 Å². The molecule has 0 amide bonds. The van der Waals surface area contributed by atoms with Gasteiger partial charge in [0.1, 0.15) is 11.0 Å². The Morgan fingerprint density at radius 1 is 1.25 bits per heavy atom. The number of nitrogens with zero attached hydrogens (tertiary/aromatic N) is 3. The van der Waals surface area contributed by atoms with Crippen LogP contribution in [-0.4, -0.2) is 15.0 Å². The summed E-state index contributed by atoms with van der Waals surface area (Å²) in [5.74, 6) is 0. The van der Waals surface area contributed by atoms with Crippen molar-refractivity contribution in [3.63, 3.8) is 0 Å². The number of rotatable bonds is 0. The third kappa shape index (κ3) is 0.730. The van der Waals surface area contributed by atoms with Gasteiger partial charge in [-0.3, -0.25) is 0 Å². The first-order chi connectivity index (χ1) is 5.70. The Hall–Kier alpha value is -1.78. The number of fused-ring (bicyclic) bond motifs is 1. The van der Waals surface area contributed by atoms with E-state index in [0.717, 1.165) is 5.52 Å². The molecule has 2 aromatic rings. The number of benzene rings is 1. The molecule has 0 radical (unpaired) electrons. The summed E-state index contributed by atoms with van der Waals surface area (Å²) in [7, 11) is 1.78. The molecular weight excluding hydrogens is 154 g/mol. The van der Waals surface area contributed by atoms with E-state index < -0.39 is 0 Å². The maximum absolute atomic E-state index is 5.71. The van der Waals surface area contributed by atoms with Gasteiger partial charge in [-0.15, -0.1) is 5.10 Å². The van der Waals surface area contributed by atoms with Gasteiger partial charge in [0.15, 0.2) is 0 Å². The molecule has 12 heavy (non-hydrogen) atoms. The molecule has 0 aliphatic heterocycles. The van der Waals surface area contributed by atoms with E-state index in [4.69, 9.17) is 11.5 Å². The third-order valence-corrected chi connectivity index (χ3v) is 1.82. The summed E-state index contributed by atoms with van der Waals surface area (Å²) in [5, 5.41) is 7.71. The van der Waals surface area contributed by atoms with E-state index in [1.807, 2.05) is 0 Å². The minimum atomic E-state index is 0.604. The van der Waals surface area contributed by atoms with E-state index in [9.17, 15) is 0 Å². The van der Waals surface area contributed by atoms with Crippen molar-refractivity contribution in [3.05, 3.63) is 12.1 Å². The van der Waals surface area contributed by atoms with Crippen LogP contribution in [0.3, 0.4) is 0 Å². The number of anilines is 2. The van der Waals surface area contributed by atoms with Gasteiger partial charge in [0.25, 0.3) is 0 Å². The first kappa shape index (κ1) is 6.90. The van der Waals surface area contributed by atoms with E-state index in [1.165, 1.54) is 0 Å². The smallest absolute Gasteiger partial charge is 0.138 e. The van der Waals surface area contributed by atoms with Crippen molar-refractivity contribution >= 4 is 22.4 Å². The summed E-state index contributed by atoms with van der Waals surface area (Å²) in [6.07, 6.45) is 0. The van der Waals surface area contributed by atoms with Crippen molar-refractivity contribution in [1.82, 2.24) is 15.0 Å². The van der Waals surface area contributed by atoms with Gasteiger partial charge in [-0.2, -0.15) is 0 Å². The van der Waals surface area contributed by atoms with Gasteiger partial charge in [0, 0.05) is 7.05 Å². The van der Waals surface area contributed by atoms with Crippen LogP contribution in [0.1, 0.15) is 0 Å². The molecule has 0 aliphatic carbocycles. The highest BCUT2D eigenvalue weighted by Gasteiger charge is 2.07. The Bertz CT molecular complexity index is 431. The fourth-order valence-electron chi connectivity index (χ4n) is 1.21. The molecular formula is C7H9N5. The van der Waals surface area contributed by atoms with Gasteiger partial charge in [-0.05, 0) is 12.1 Å². The molecule has 1 aromatic carbocycles. The predicted octanol–water partition coefficient (Wildman–Crippen LogP) is 0.133. The molecule has 5 nitrogen and oxygen atoms in total. The van der Waals surface area contributed by atoms with E-state index in [0.29, 0.717) is 16.9 Å². The fourth-order valence-corrected chi connectivity index (χ4v) is 1.21. The summed E-state index contributed by atoms with van der Waals surface area (Å²) in [4.78, 5) is 0. The zero-order valence-electron chi connectivity index (χ0n) is 6.65. The molecule has 4 N–H and O–H groups in total. The molecule has 5 heteroatoms. The van der Waals surface area contributed by atoms with Gasteiger partial charge in [-0.1, -0.05) is 5.21 Å². The summed E-state index contributed by atoms with van der Waals surface area (Å²) in [6.45, 7) is 0. The minimum Gasteiger partial charge on any atom is -0.397 e. The van der Waals surface area contributed by atoms with E-state index in [2.05, 4.69) is 10.3 Å². The number of nitrogen functional groups attached to an aromatic ring is 2. The van der Waals surface area contributed by atoms with Crippen LogP contribution in [0.5, 0.6) is 0 Å². The number of hydrogen-bond acceptors (Lipinski definition) is 4. The Labute approximate surface area is 69.0 Å². The second-order valence-corrected chi connectivity index (χ2v) is 2.65. The molecule has 0 saturated heterocycles. The Morgan fingerprint density at radius 2 is 1.92 bits per heavy atom. The molecule has 1 heterocycles. The Morgan fingerprint density at radius 3 is 2.58 bits per heavy atom. The lowest BCUT2D eigenvalue weighted by Gasteiger charge is -1.98. The van der Waals surface area contributed by atoms with Crippen LogP contribution in [-0.2, 0) is 7.05 Å². The number of hydrogen-bond donors (Lipinski definition) is 2. The lowest BCUT2D eigenvalue weighted by molar-refractivity contribution is 0.737. The summed E-state index contributed by atoms with van der Waals surface area (Å²) >= 11 is 0.